The molecule has 0 aliphatic heterocycles. The van der Waals surface area contributed by atoms with Crippen molar-refractivity contribution in [2.45, 2.75) is 47.3 Å². The smallest absolute Gasteiger partial charge is 0.349 e. The van der Waals surface area contributed by atoms with Crippen LogP contribution in [0.3, 0.4) is 0 Å². The molecule has 2 aromatic rings. The van der Waals surface area contributed by atoms with Crippen molar-refractivity contribution in [1.29, 1.82) is 0 Å². The third kappa shape index (κ3) is 6.30. The van der Waals surface area contributed by atoms with Crippen LogP contribution in [0.1, 0.15) is 48.5 Å². The number of nitrogens with one attached hydrogen (secondary N) is 2. The Bertz CT molecular complexity index is 918. The highest BCUT2D eigenvalue weighted by atomic mass is 35.5. The molecule has 8 heteroatoms. The largest absolute Gasteiger partial charge is 0.448 e. The van der Waals surface area contributed by atoms with E-state index in [9.17, 15) is 14.4 Å². The zero-order chi connectivity index (χ0) is 21.8. The number of rotatable bonds is 6. The lowest BCUT2D eigenvalue weighted by molar-refractivity contribution is -0.129. The number of benzene rings is 1. The van der Waals surface area contributed by atoms with Gasteiger partial charge in [0, 0.05) is 17.0 Å². The minimum Gasteiger partial charge on any atom is -0.448 e. The first-order valence-corrected chi connectivity index (χ1v) is 10.3. The van der Waals surface area contributed by atoms with Crippen LogP contribution in [-0.4, -0.2) is 23.9 Å². The van der Waals surface area contributed by atoms with Gasteiger partial charge in [-0.1, -0.05) is 50.6 Å². The topological polar surface area (TPSA) is 84.5 Å². The van der Waals surface area contributed by atoms with Gasteiger partial charge in [-0.2, -0.15) is 0 Å². The van der Waals surface area contributed by atoms with Crippen molar-refractivity contribution in [2.24, 2.45) is 5.41 Å². The predicted molar refractivity (Wildman–Crippen MR) is 115 cm³/mol. The number of esters is 1. The zero-order valence-corrected chi connectivity index (χ0v) is 18.7. The molecule has 0 spiro atoms. The van der Waals surface area contributed by atoms with Crippen LogP contribution >= 0.6 is 22.9 Å². The van der Waals surface area contributed by atoms with Gasteiger partial charge < -0.3 is 15.4 Å². The van der Waals surface area contributed by atoms with E-state index in [1.807, 2.05) is 12.1 Å². The van der Waals surface area contributed by atoms with Crippen LogP contribution in [0.2, 0.25) is 5.02 Å². The van der Waals surface area contributed by atoms with E-state index >= 15 is 0 Å². The highest BCUT2D eigenvalue weighted by Gasteiger charge is 2.25. The lowest BCUT2D eigenvalue weighted by atomic mass is 9.96. The van der Waals surface area contributed by atoms with Gasteiger partial charge in [0.25, 0.3) is 5.91 Å². The second kappa shape index (κ2) is 9.41. The SMILES string of the molecule is Cc1cc(NC(=O)C(C)(C)C)sc1C(=O)OC(C)C(=O)NCc1ccccc1Cl. The van der Waals surface area contributed by atoms with Gasteiger partial charge in [-0.3, -0.25) is 9.59 Å². The van der Waals surface area contributed by atoms with Crippen molar-refractivity contribution in [2.75, 3.05) is 5.32 Å². The minimum absolute atomic E-state index is 0.147. The van der Waals surface area contributed by atoms with Gasteiger partial charge in [0.2, 0.25) is 5.91 Å². The Labute approximate surface area is 179 Å². The maximum absolute atomic E-state index is 12.5. The summed E-state index contributed by atoms with van der Waals surface area (Å²) in [4.78, 5) is 37.2. The summed E-state index contributed by atoms with van der Waals surface area (Å²) < 4.78 is 5.30. The van der Waals surface area contributed by atoms with Crippen LogP contribution in [-0.2, 0) is 20.9 Å². The fraction of sp³-hybridized carbons (Fsp3) is 0.381. The molecule has 29 heavy (non-hydrogen) atoms. The van der Waals surface area contributed by atoms with Crippen molar-refractivity contribution < 1.29 is 19.1 Å². The van der Waals surface area contributed by atoms with E-state index in [2.05, 4.69) is 10.6 Å². The molecule has 6 nitrogen and oxygen atoms in total. The second-order valence-corrected chi connectivity index (χ2v) is 9.14. The summed E-state index contributed by atoms with van der Waals surface area (Å²) in [7, 11) is 0. The second-order valence-electron chi connectivity index (χ2n) is 7.68. The molecule has 0 fully saturated rings. The van der Waals surface area contributed by atoms with E-state index in [1.165, 1.54) is 6.92 Å². The number of carbonyl (C=O) groups excluding carboxylic acids is 3. The first-order chi connectivity index (χ1) is 13.5. The Hall–Kier alpha value is -2.38. The van der Waals surface area contributed by atoms with Crippen LogP contribution in [0, 0.1) is 12.3 Å². The van der Waals surface area contributed by atoms with E-state index in [0.29, 0.717) is 20.5 Å². The van der Waals surface area contributed by atoms with Crippen LogP contribution in [0.25, 0.3) is 0 Å². The standard InChI is InChI=1S/C21H25ClN2O4S/c1-12-10-16(24-20(27)21(3,4)5)29-17(12)19(26)28-13(2)18(25)23-11-14-8-6-7-9-15(14)22/h6-10,13H,11H2,1-5H3,(H,23,25)(H,24,27). The van der Waals surface area contributed by atoms with Gasteiger partial charge in [-0.05, 0) is 37.1 Å². The first kappa shape index (κ1) is 22.9. The van der Waals surface area contributed by atoms with E-state index in [0.717, 1.165) is 16.9 Å². The van der Waals surface area contributed by atoms with Crippen molar-refractivity contribution in [3.05, 3.63) is 51.4 Å². The van der Waals surface area contributed by atoms with E-state index < -0.39 is 23.4 Å². The number of thiophene rings is 1. The molecule has 0 bridgehead atoms. The molecule has 0 radical (unpaired) electrons. The van der Waals surface area contributed by atoms with Crippen LogP contribution in [0.5, 0.6) is 0 Å². The van der Waals surface area contributed by atoms with Gasteiger partial charge in [-0.15, -0.1) is 11.3 Å². The van der Waals surface area contributed by atoms with Gasteiger partial charge in [-0.25, -0.2) is 4.79 Å². The van der Waals surface area contributed by atoms with E-state index in [-0.39, 0.29) is 12.5 Å². The van der Waals surface area contributed by atoms with E-state index in [4.69, 9.17) is 16.3 Å². The first-order valence-electron chi connectivity index (χ1n) is 9.13. The molecule has 2 N–H and O–H groups in total. The lowest BCUT2D eigenvalue weighted by Crippen LogP contribution is -2.35. The van der Waals surface area contributed by atoms with Crippen LogP contribution in [0.15, 0.2) is 30.3 Å². The number of hydrogen-bond acceptors (Lipinski definition) is 5. The van der Waals surface area contributed by atoms with Gasteiger partial charge in [0.05, 0.1) is 5.00 Å². The third-order valence-electron chi connectivity index (χ3n) is 4.09. The number of amides is 2. The molecular weight excluding hydrogens is 412 g/mol. The summed E-state index contributed by atoms with van der Waals surface area (Å²) >= 11 is 7.19. The van der Waals surface area contributed by atoms with Crippen molar-refractivity contribution in [3.8, 4) is 0 Å². The number of halogens is 1. The zero-order valence-electron chi connectivity index (χ0n) is 17.1. The summed E-state index contributed by atoms with van der Waals surface area (Å²) in [6.07, 6.45) is -0.973. The monoisotopic (exact) mass is 436 g/mol. The van der Waals surface area contributed by atoms with Gasteiger partial charge in [0.15, 0.2) is 6.10 Å². The average molecular weight is 437 g/mol. The minimum atomic E-state index is -0.973. The molecule has 1 atom stereocenters. The van der Waals surface area contributed by atoms with Crippen LogP contribution < -0.4 is 10.6 Å². The Balaban J connectivity index is 1.96. The maximum Gasteiger partial charge on any atom is 0.349 e. The number of ether oxygens (including phenoxy) is 1. The molecule has 0 saturated carbocycles. The average Bonchev–Trinajstić information content (AvgIpc) is 3.00. The quantitative estimate of drug-likeness (QED) is 0.650. The molecular formula is C21H25ClN2O4S. The summed E-state index contributed by atoms with van der Waals surface area (Å²) in [6.45, 7) is 8.91. The Morgan fingerprint density at radius 1 is 1.21 bits per heavy atom. The van der Waals surface area contributed by atoms with Crippen LogP contribution in [0.4, 0.5) is 5.00 Å². The highest BCUT2D eigenvalue weighted by molar-refractivity contribution is 7.18. The molecule has 2 amide bonds. The van der Waals surface area contributed by atoms with Gasteiger partial charge >= 0.3 is 5.97 Å². The number of hydrogen-bond donors (Lipinski definition) is 2. The molecule has 1 aromatic carbocycles. The van der Waals surface area contributed by atoms with Gasteiger partial charge in [0.1, 0.15) is 4.88 Å². The predicted octanol–water partition coefficient (Wildman–Crippen LogP) is 4.56. The van der Waals surface area contributed by atoms with Crippen molar-refractivity contribution >= 4 is 45.7 Å². The molecule has 1 aromatic heterocycles. The molecule has 156 valence electrons. The van der Waals surface area contributed by atoms with Crippen molar-refractivity contribution in [3.63, 3.8) is 0 Å². The Morgan fingerprint density at radius 2 is 1.86 bits per heavy atom. The summed E-state index contributed by atoms with van der Waals surface area (Å²) in [5.74, 6) is -1.18. The highest BCUT2D eigenvalue weighted by Crippen LogP contribution is 2.29. The van der Waals surface area contributed by atoms with E-state index in [1.54, 1.807) is 45.9 Å². The molecule has 0 aliphatic carbocycles. The summed E-state index contributed by atoms with van der Waals surface area (Å²) in [5, 5.41) is 6.62. The molecule has 0 saturated heterocycles. The molecule has 0 aliphatic rings. The summed E-state index contributed by atoms with van der Waals surface area (Å²) in [5.41, 5.74) is 0.898. The Morgan fingerprint density at radius 3 is 2.48 bits per heavy atom. The number of anilines is 1. The van der Waals surface area contributed by atoms with Crippen molar-refractivity contribution in [1.82, 2.24) is 5.32 Å². The molecule has 1 unspecified atom stereocenters. The normalized spacial score (nSPS) is 12.2. The fourth-order valence-corrected chi connectivity index (χ4v) is 3.43. The number of carbonyl (C=O) groups is 3. The summed E-state index contributed by atoms with van der Waals surface area (Å²) in [6, 6.07) is 8.89. The Kier molecular flexibility index (Phi) is 7.43. The molecule has 2 rings (SSSR count). The fourth-order valence-electron chi connectivity index (χ4n) is 2.28. The third-order valence-corrected chi connectivity index (χ3v) is 5.59. The number of aryl methyl sites for hydroxylation is 1. The lowest BCUT2D eigenvalue weighted by Gasteiger charge is -2.16. The maximum atomic E-state index is 12.5. The molecule has 1 heterocycles.